The van der Waals surface area contributed by atoms with E-state index in [0.29, 0.717) is 24.4 Å². The standard InChI is InChI=1S/C12H8Cl2F2N4O/c13-10-5(15)7-4(3-17-10)11(19-12(14)18-7)20-1-2-21-9-6(16)8(9)20/h3,6,8-9H,1-2H2/t6-,8?,9+/m1/s1. The van der Waals surface area contributed by atoms with Crippen molar-refractivity contribution < 1.29 is 13.5 Å². The van der Waals surface area contributed by atoms with Gasteiger partial charge < -0.3 is 9.64 Å². The summed E-state index contributed by atoms with van der Waals surface area (Å²) in [5, 5.41) is -0.0725. The first-order chi connectivity index (χ1) is 10.1. The Labute approximate surface area is 127 Å². The van der Waals surface area contributed by atoms with Crippen LogP contribution in [0, 0.1) is 5.82 Å². The summed E-state index contributed by atoms with van der Waals surface area (Å²) in [5.74, 6) is -0.413. The van der Waals surface area contributed by atoms with Gasteiger partial charge in [0.25, 0.3) is 0 Å². The van der Waals surface area contributed by atoms with Crippen molar-refractivity contribution in [3.63, 3.8) is 0 Å². The van der Waals surface area contributed by atoms with Crippen molar-refractivity contribution in [3.05, 3.63) is 22.5 Å². The van der Waals surface area contributed by atoms with Gasteiger partial charge in [0, 0.05) is 12.7 Å². The summed E-state index contributed by atoms with van der Waals surface area (Å²) in [7, 11) is 0. The lowest BCUT2D eigenvalue weighted by atomic mass is 10.2. The molecule has 2 aromatic heterocycles. The number of hydrogen-bond donors (Lipinski definition) is 0. The number of nitrogens with zero attached hydrogens (tertiary/aromatic N) is 4. The molecule has 21 heavy (non-hydrogen) atoms. The molecule has 1 saturated carbocycles. The van der Waals surface area contributed by atoms with Crippen molar-refractivity contribution in [2.45, 2.75) is 18.3 Å². The Bertz CT molecular complexity index is 747. The topological polar surface area (TPSA) is 51.1 Å². The summed E-state index contributed by atoms with van der Waals surface area (Å²) in [6.07, 6.45) is -0.180. The van der Waals surface area contributed by atoms with E-state index in [9.17, 15) is 8.78 Å². The largest absolute Gasteiger partial charge is 0.371 e. The fourth-order valence-corrected chi connectivity index (χ4v) is 2.97. The minimum absolute atomic E-state index is 0.0240. The lowest BCUT2D eigenvalue weighted by Crippen LogP contribution is -2.37. The summed E-state index contributed by atoms with van der Waals surface area (Å²) in [4.78, 5) is 13.5. The van der Waals surface area contributed by atoms with Crippen molar-refractivity contribution >= 4 is 39.9 Å². The number of halogens is 4. The van der Waals surface area contributed by atoms with Gasteiger partial charge in [-0.1, -0.05) is 11.6 Å². The smallest absolute Gasteiger partial charge is 0.225 e. The SMILES string of the molecule is Fc1c(Cl)ncc2c(N3CCO[C@@H]4C3[C@H]4F)nc(Cl)nc12. The highest BCUT2D eigenvalue weighted by Crippen LogP contribution is 2.42. The van der Waals surface area contributed by atoms with E-state index in [1.54, 1.807) is 4.90 Å². The summed E-state index contributed by atoms with van der Waals surface area (Å²) >= 11 is 11.5. The molecular formula is C12H8Cl2F2N4O. The Morgan fingerprint density at radius 1 is 1.33 bits per heavy atom. The monoisotopic (exact) mass is 332 g/mol. The maximum atomic E-state index is 14.0. The average molecular weight is 333 g/mol. The third-order valence-electron chi connectivity index (χ3n) is 3.70. The number of aromatic nitrogens is 3. The summed E-state index contributed by atoms with van der Waals surface area (Å²) in [5.41, 5.74) is -0.0240. The Balaban J connectivity index is 1.90. The summed E-state index contributed by atoms with van der Waals surface area (Å²) in [6.45, 7) is 0.808. The van der Waals surface area contributed by atoms with E-state index in [0.717, 1.165) is 0 Å². The number of anilines is 1. The van der Waals surface area contributed by atoms with E-state index in [2.05, 4.69) is 15.0 Å². The van der Waals surface area contributed by atoms with Gasteiger partial charge in [0.2, 0.25) is 5.28 Å². The normalized spacial score (nSPS) is 27.8. The number of ether oxygens (including phenoxy) is 1. The van der Waals surface area contributed by atoms with Crippen LogP contribution >= 0.6 is 23.2 Å². The highest BCUT2D eigenvalue weighted by atomic mass is 35.5. The zero-order chi connectivity index (χ0) is 14.7. The molecule has 2 fully saturated rings. The maximum absolute atomic E-state index is 14.0. The molecule has 2 aromatic rings. The van der Waals surface area contributed by atoms with Gasteiger partial charge in [-0.15, -0.1) is 0 Å². The second kappa shape index (κ2) is 4.59. The minimum atomic E-state index is -1.08. The molecule has 0 amide bonds. The van der Waals surface area contributed by atoms with Crippen LogP contribution in [0.2, 0.25) is 10.4 Å². The van der Waals surface area contributed by atoms with Crippen LogP contribution in [0.5, 0.6) is 0 Å². The Hall–Kier alpha value is -1.31. The van der Waals surface area contributed by atoms with E-state index in [1.165, 1.54) is 6.20 Å². The molecule has 1 unspecified atom stereocenters. The summed E-state index contributed by atoms with van der Waals surface area (Å²) < 4.78 is 33.1. The van der Waals surface area contributed by atoms with Crippen molar-refractivity contribution in [3.8, 4) is 0 Å². The Kier molecular flexibility index (Phi) is 2.92. The first-order valence-electron chi connectivity index (χ1n) is 6.27. The Morgan fingerprint density at radius 3 is 2.95 bits per heavy atom. The predicted molar refractivity (Wildman–Crippen MR) is 73.1 cm³/mol. The van der Waals surface area contributed by atoms with Gasteiger partial charge in [0.05, 0.1) is 18.0 Å². The molecule has 5 nitrogen and oxygen atoms in total. The second-order valence-electron chi connectivity index (χ2n) is 4.91. The van der Waals surface area contributed by atoms with Crippen LogP contribution in [0.15, 0.2) is 6.20 Å². The molecule has 0 radical (unpaired) electrons. The van der Waals surface area contributed by atoms with Crippen LogP contribution in [-0.2, 0) is 4.74 Å². The quantitative estimate of drug-likeness (QED) is 0.593. The third-order valence-corrected chi connectivity index (χ3v) is 4.14. The second-order valence-corrected chi connectivity index (χ2v) is 5.60. The lowest BCUT2D eigenvalue weighted by Gasteiger charge is -2.27. The molecule has 9 heteroatoms. The summed E-state index contributed by atoms with van der Waals surface area (Å²) in [6, 6.07) is -0.424. The minimum Gasteiger partial charge on any atom is -0.371 e. The first kappa shape index (κ1) is 13.4. The third kappa shape index (κ3) is 1.95. The lowest BCUT2D eigenvalue weighted by molar-refractivity contribution is 0.0914. The highest BCUT2D eigenvalue weighted by molar-refractivity contribution is 6.30. The van der Waals surface area contributed by atoms with Gasteiger partial charge in [-0.05, 0) is 11.6 Å². The first-order valence-corrected chi connectivity index (χ1v) is 7.03. The van der Waals surface area contributed by atoms with Crippen molar-refractivity contribution in [1.29, 1.82) is 0 Å². The molecule has 0 aromatic carbocycles. The van der Waals surface area contributed by atoms with Crippen LogP contribution in [0.25, 0.3) is 10.9 Å². The van der Waals surface area contributed by atoms with Gasteiger partial charge in [-0.3, -0.25) is 0 Å². The fourth-order valence-electron chi connectivity index (χ4n) is 2.67. The number of fused-ring (bicyclic) bond motifs is 2. The van der Waals surface area contributed by atoms with E-state index in [-0.39, 0.29) is 16.0 Å². The fraction of sp³-hybridized carbons (Fsp3) is 0.417. The number of hydrogen-bond acceptors (Lipinski definition) is 5. The molecule has 2 aliphatic rings. The molecule has 4 rings (SSSR count). The van der Waals surface area contributed by atoms with Gasteiger partial charge in [-0.2, -0.15) is 4.98 Å². The van der Waals surface area contributed by atoms with E-state index in [1.807, 2.05) is 0 Å². The molecule has 3 heterocycles. The van der Waals surface area contributed by atoms with E-state index in [4.69, 9.17) is 27.9 Å². The van der Waals surface area contributed by atoms with Crippen molar-refractivity contribution in [1.82, 2.24) is 15.0 Å². The van der Waals surface area contributed by atoms with E-state index >= 15 is 0 Å². The number of pyridine rings is 1. The van der Waals surface area contributed by atoms with Gasteiger partial charge >= 0.3 is 0 Å². The molecule has 1 saturated heterocycles. The van der Waals surface area contributed by atoms with Crippen LogP contribution in [0.3, 0.4) is 0 Å². The predicted octanol–water partition coefficient (Wildman–Crippen LogP) is 2.40. The molecule has 1 aliphatic heterocycles. The maximum Gasteiger partial charge on any atom is 0.225 e. The van der Waals surface area contributed by atoms with Crippen LogP contribution in [-0.4, -0.2) is 46.4 Å². The average Bonchev–Trinajstić information content (AvgIpc) is 3.14. The highest BCUT2D eigenvalue weighted by Gasteiger charge is 2.58. The van der Waals surface area contributed by atoms with Crippen LogP contribution < -0.4 is 4.90 Å². The van der Waals surface area contributed by atoms with Gasteiger partial charge in [-0.25, -0.2) is 18.7 Å². The van der Waals surface area contributed by atoms with Gasteiger partial charge in [0.1, 0.15) is 17.4 Å². The van der Waals surface area contributed by atoms with Crippen LogP contribution in [0.4, 0.5) is 14.6 Å². The molecule has 0 spiro atoms. The molecule has 110 valence electrons. The number of morpholine rings is 1. The number of rotatable bonds is 1. The van der Waals surface area contributed by atoms with E-state index < -0.39 is 24.1 Å². The Morgan fingerprint density at radius 2 is 2.14 bits per heavy atom. The van der Waals surface area contributed by atoms with Crippen molar-refractivity contribution in [2.75, 3.05) is 18.1 Å². The van der Waals surface area contributed by atoms with Crippen molar-refractivity contribution in [2.24, 2.45) is 0 Å². The molecule has 0 bridgehead atoms. The van der Waals surface area contributed by atoms with Gasteiger partial charge in [0.15, 0.2) is 17.1 Å². The molecule has 1 aliphatic carbocycles. The molecule has 0 N–H and O–H groups in total. The zero-order valence-electron chi connectivity index (χ0n) is 10.4. The number of alkyl halides is 1. The molecular weight excluding hydrogens is 325 g/mol. The zero-order valence-corrected chi connectivity index (χ0v) is 11.9. The molecule has 3 atom stereocenters. The van der Waals surface area contributed by atoms with Crippen LogP contribution in [0.1, 0.15) is 0 Å².